The Kier molecular flexibility index (Phi) is 7.03. The molecule has 0 saturated heterocycles. The number of aliphatic hydroxyl groups excluding tert-OH is 2. The van der Waals surface area contributed by atoms with Gasteiger partial charge in [0.15, 0.2) is 5.43 Å². The number of para-hydroxylation sites is 2. The van der Waals surface area contributed by atoms with Crippen LogP contribution in [0.3, 0.4) is 0 Å². The third kappa shape index (κ3) is 4.19. The molecular formula is C22H28N2O4. The summed E-state index contributed by atoms with van der Waals surface area (Å²) in [5.41, 5.74) is 1.76. The lowest BCUT2D eigenvalue weighted by atomic mass is 10.1. The number of hydrogen-bond donors (Lipinski definition) is 2. The quantitative estimate of drug-likeness (QED) is 0.414. The van der Waals surface area contributed by atoms with Crippen LogP contribution in [0.5, 0.6) is 5.75 Å². The Hall–Kier alpha value is -2.41. The van der Waals surface area contributed by atoms with E-state index in [0.29, 0.717) is 29.6 Å². The Labute approximate surface area is 164 Å². The highest BCUT2D eigenvalue weighted by Gasteiger charge is 2.14. The fraction of sp³-hybridized carbons (Fsp3) is 0.409. The number of hydrogen-bond acceptors (Lipinski definition) is 5. The number of aryl methyl sites for hydroxylation is 1. The summed E-state index contributed by atoms with van der Waals surface area (Å²) >= 11 is 0. The summed E-state index contributed by atoms with van der Waals surface area (Å²) in [6.07, 6.45) is 1.84. The fourth-order valence-electron chi connectivity index (χ4n) is 3.77. The summed E-state index contributed by atoms with van der Waals surface area (Å²) in [7, 11) is 1.63. The number of aliphatic hydroxyl groups is 2. The summed E-state index contributed by atoms with van der Waals surface area (Å²) in [5.74, 6) is 0.697. The highest BCUT2D eigenvalue weighted by atomic mass is 16.5. The Morgan fingerprint density at radius 3 is 2.36 bits per heavy atom. The van der Waals surface area contributed by atoms with Gasteiger partial charge in [-0.1, -0.05) is 18.2 Å². The molecule has 3 aromatic rings. The van der Waals surface area contributed by atoms with E-state index in [0.717, 1.165) is 37.0 Å². The van der Waals surface area contributed by atoms with Gasteiger partial charge in [0.1, 0.15) is 5.75 Å². The maximum atomic E-state index is 12.9. The number of methoxy groups -OCH3 is 1. The molecule has 0 aliphatic rings. The third-order valence-electron chi connectivity index (χ3n) is 5.11. The minimum Gasteiger partial charge on any atom is -0.495 e. The molecule has 28 heavy (non-hydrogen) atoms. The normalized spacial score (nSPS) is 11.6. The van der Waals surface area contributed by atoms with Crippen molar-refractivity contribution < 1.29 is 14.9 Å². The molecule has 2 aromatic carbocycles. The molecule has 3 rings (SSSR count). The van der Waals surface area contributed by atoms with Crippen LogP contribution in [0.25, 0.3) is 21.8 Å². The molecule has 0 aliphatic heterocycles. The minimum atomic E-state index is 0.0258. The zero-order valence-corrected chi connectivity index (χ0v) is 16.3. The van der Waals surface area contributed by atoms with Crippen molar-refractivity contribution in [2.45, 2.75) is 19.4 Å². The maximum absolute atomic E-state index is 12.9. The number of benzene rings is 2. The monoisotopic (exact) mass is 384 g/mol. The Morgan fingerprint density at radius 1 is 0.929 bits per heavy atom. The molecule has 6 nitrogen and oxygen atoms in total. The number of unbranched alkanes of at least 4 members (excludes halogenated alkanes) is 1. The first kappa shape index (κ1) is 20.3. The molecule has 0 atom stereocenters. The van der Waals surface area contributed by atoms with Gasteiger partial charge in [-0.2, -0.15) is 0 Å². The predicted octanol–water partition coefficient (Wildman–Crippen LogP) is 2.23. The van der Waals surface area contributed by atoms with Crippen LogP contribution >= 0.6 is 0 Å². The second-order valence-electron chi connectivity index (χ2n) is 6.85. The van der Waals surface area contributed by atoms with Crippen LogP contribution in [-0.2, 0) is 6.54 Å². The van der Waals surface area contributed by atoms with Crippen molar-refractivity contribution in [2.24, 2.45) is 0 Å². The molecule has 0 saturated carbocycles. The third-order valence-corrected chi connectivity index (χ3v) is 5.11. The summed E-state index contributed by atoms with van der Waals surface area (Å²) in [4.78, 5) is 15.0. The van der Waals surface area contributed by atoms with Crippen molar-refractivity contribution in [3.8, 4) is 5.75 Å². The molecule has 2 N–H and O–H groups in total. The molecule has 0 unspecified atom stereocenters. The lowest BCUT2D eigenvalue weighted by molar-refractivity contribution is 0.159. The largest absolute Gasteiger partial charge is 0.495 e. The zero-order chi connectivity index (χ0) is 19.9. The molecule has 6 heteroatoms. The van der Waals surface area contributed by atoms with Crippen LogP contribution in [0.2, 0.25) is 0 Å². The van der Waals surface area contributed by atoms with Crippen LogP contribution in [0.15, 0.2) is 47.3 Å². The number of pyridine rings is 1. The molecule has 150 valence electrons. The van der Waals surface area contributed by atoms with E-state index in [-0.39, 0.29) is 18.6 Å². The molecule has 0 fully saturated rings. The van der Waals surface area contributed by atoms with Crippen molar-refractivity contribution in [3.63, 3.8) is 0 Å². The van der Waals surface area contributed by atoms with Gasteiger partial charge in [0.2, 0.25) is 0 Å². The van der Waals surface area contributed by atoms with Crippen molar-refractivity contribution in [2.75, 3.05) is 40.0 Å². The smallest absolute Gasteiger partial charge is 0.197 e. The van der Waals surface area contributed by atoms with Crippen LogP contribution in [-0.4, -0.2) is 59.6 Å². The van der Waals surface area contributed by atoms with Crippen LogP contribution in [0.1, 0.15) is 12.8 Å². The summed E-state index contributed by atoms with van der Waals surface area (Å²) in [6, 6.07) is 13.3. The van der Waals surface area contributed by atoms with Gasteiger partial charge < -0.3 is 19.5 Å². The van der Waals surface area contributed by atoms with E-state index in [9.17, 15) is 4.79 Å². The topological polar surface area (TPSA) is 74.9 Å². The van der Waals surface area contributed by atoms with Gasteiger partial charge in [-0.05, 0) is 43.7 Å². The molecule has 0 spiro atoms. The van der Waals surface area contributed by atoms with E-state index in [2.05, 4.69) is 9.47 Å². The van der Waals surface area contributed by atoms with E-state index in [1.54, 1.807) is 7.11 Å². The van der Waals surface area contributed by atoms with Crippen molar-refractivity contribution in [1.29, 1.82) is 0 Å². The second-order valence-corrected chi connectivity index (χ2v) is 6.85. The van der Waals surface area contributed by atoms with Gasteiger partial charge in [0, 0.05) is 25.0 Å². The van der Waals surface area contributed by atoms with Gasteiger partial charge in [-0.25, -0.2) is 0 Å². The average molecular weight is 384 g/mol. The van der Waals surface area contributed by atoms with Crippen molar-refractivity contribution in [1.82, 2.24) is 9.47 Å². The minimum absolute atomic E-state index is 0.0258. The van der Waals surface area contributed by atoms with Gasteiger partial charge in [0.05, 0.1) is 36.7 Å². The lowest BCUT2D eigenvalue weighted by Crippen LogP contribution is -2.31. The molecule has 0 bridgehead atoms. The highest BCUT2D eigenvalue weighted by molar-refractivity contribution is 5.96. The summed E-state index contributed by atoms with van der Waals surface area (Å²) in [6.45, 7) is 2.88. The standard InChI is InChI=1S/C22H28N2O4/c1-28-20-10-6-8-18-21(20)24(19-9-3-2-7-17(19)22(18)27)12-5-4-11-23(13-15-25)14-16-26/h2-3,6-10,25-26H,4-5,11-16H2,1H3. The molecule has 1 heterocycles. The molecule has 0 radical (unpaired) electrons. The highest BCUT2D eigenvalue weighted by Crippen LogP contribution is 2.27. The Morgan fingerprint density at radius 2 is 1.64 bits per heavy atom. The van der Waals surface area contributed by atoms with E-state index in [4.69, 9.17) is 14.9 Å². The average Bonchev–Trinajstić information content (AvgIpc) is 2.73. The van der Waals surface area contributed by atoms with Crippen LogP contribution < -0.4 is 10.2 Å². The molecule has 0 aliphatic carbocycles. The number of fused-ring (bicyclic) bond motifs is 2. The predicted molar refractivity (Wildman–Crippen MR) is 112 cm³/mol. The zero-order valence-electron chi connectivity index (χ0n) is 16.3. The number of nitrogens with zero attached hydrogens (tertiary/aromatic N) is 2. The molecule has 1 aromatic heterocycles. The number of rotatable bonds is 10. The first-order chi connectivity index (χ1) is 13.7. The first-order valence-electron chi connectivity index (χ1n) is 9.73. The van der Waals surface area contributed by atoms with Gasteiger partial charge in [0.25, 0.3) is 0 Å². The fourth-order valence-corrected chi connectivity index (χ4v) is 3.77. The molecular weight excluding hydrogens is 356 g/mol. The van der Waals surface area contributed by atoms with Crippen molar-refractivity contribution >= 4 is 21.8 Å². The summed E-state index contributed by atoms with van der Waals surface area (Å²) in [5, 5.41) is 19.7. The maximum Gasteiger partial charge on any atom is 0.197 e. The van der Waals surface area contributed by atoms with E-state index in [1.807, 2.05) is 42.5 Å². The van der Waals surface area contributed by atoms with Crippen LogP contribution in [0, 0.1) is 0 Å². The van der Waals surface area contributed by atoms with Gasteiger partial charge >= 0.3 is 0 Å². The second kappa shape index (κ2) is 9.68. The van der Waals surface area contributed by atoms with E-state index < -0.39 is 0 Å². The van der Waals surface area contributed by atoms with Crippen LogP contribution in [0.4, 0.5) is 0 Å². The molecule has 0 amide bonds. The lowest BCUT2D eigenvalue weighted by Gasteiger charge is -2.21. The Bertz CT molecular complexity index is 977. The number of ether oxygens (including phenoxy) is 1. The SMILES string of the molecule is COc1cccc2c(=O)c3ccccc3n(CCCCN(CCO)CCO)c12. The van der Waals surface area contributed by atoms with Gasteiger partial charge in [-0.3, -0.25) is 9.69 Å². The summed E-state index contributed by atoms with van der Waals surface area (Å²) < 4.78 is 7.73. The van der Waals surface area contributed by atoms with Crippen molar-refractivity contribution in [3.05, 3.63) is 52.7 Å². The number of aromatic nitrogens is 1. The van der Waals surface area contributed by atoms with E-state index in [1.165, 1.54) is 0 Å². The Balaban J connectivity index is 1.92. The van der Waals surface area contributed by atoms with E-state index >= 15 is 0 Å². The van der Waals surface area contributed by atoms with Gasteiger partial charge in [-0.15, -0.1) is 0 Å². The first-order valence-corrected chi connectivity index (χ1v) is 9.73.